The van der Waals surface area contributed by atoms with Gasteiger partial charge in [-0.15, -0.1) is 33.6 Å². The second-order valence-electron chi connectivity index (χ2n) is 4.52. The maximum absolute atomic E-state index is 11.4. The van der Waals surface area contributed by atoms with Crippen LogP contribution in [0, 0.1) is 6.92 Å². The lowest BCUT2D eigenvalue weighted by molar-refractivity contribution is -0.115. The summed E-state index contributed by atoms with van der Waals surface area (Å²) in [5.74, 6) is 0.672. The van der Waals surface area contributed by atoms with Crippen LogP contribution >= 0.6 is 34.7 Å². The molecule has 0 aliphatic heterocycles. The number of carbonyl (C=O) groups excluding carboxylic acids is 1. The molecule has 0 fully saturated rings. The molecule has 21 heavy (non-hydrogen) atoms. The van der Waals surface area contributed by atoms with E-state index in [0.717, 1.165) is 17.2 Å². The molecule has 2 rings (SSSR count). The first-order valence-corrected chi connectivity index (χ1v) is 8.75. The van der Waals surface area contributed by atoms with Crippen LogP contribution in [0.15, 0.2) is 29.2 Å². The summed E-state index contributed by atoms with van der Waals surface area (Å²) in [5.41, 5.74) is 1.26. The monoisotopic (exact) mass is 341 g/mol. The Bertz CT molecular complexity index is 599. The molecule has 2 aromatic rings. The molecule has 0 radical (unpaired) electrons. The SMILES string of the molecule is Cc1ccc(SCCc2nnc(NC(=O)C(C)Cl)s2)cc1. The van der Waals surface area contributed by atoms with Crippen LogP contribution in [-0.2, 0) is 11.2 Å². The van der Waals surface area contributed by atoms with Crippen LogP contribution in [0.1, 0.15) is 17.5 Å². The van der Waals surface area contributed by atoms with Gasteiger partial charge in [-0.1, -0.05) is 29.0 Å². The summed E-state index contributed by atoms with van der Waals surface area (Å²) in [4.78, 5) is 12.7. The van der Waals surface area contributed by atoms with E-state index in [1.165, 1.54) is 21.8 Å². The summed E-state index contributed by atoms with van der Waals surface area (Å²) in [6.07, 6.45) is 0.822. The summed E-state index contributed by atoms with van der Waals surface area (Å²) in [5, 5.41) is 11.5. The molecule has 1 amide bonds. The summed E-state index contributed by atoms with van der Waals surface area (Å²) in [6, 6.07) is 8.45. The van der Waals surface area contributed by atoms with Gasteiger partial charge in [0.2, 0.25) is 11.0 Å². The van der Waals surface area contributed by atoms with Gasteiger partial charge < -0.3 is 0 Å². The zero-order valence-electron chi connectivity index (χ0n) is 11.8. The molecule has 0 aliphatic rings. The van der Waals surface area contributed by atoms with Crippen LogP contribution < -0.4 is 5.32 Å². The lowest BCUT2D eigenvalue weighted by Crippen LogP contribution is -2.20. The van der Waals surface area contributed by atoms with E-state index in [-0.39, 0.29) is 5.91 Å². The first-order chi connectivity index (χ1) is 10.0. The minimum Gasteiger partial charge on any atom is -0.299 e. The van der Waals surface area contributed by atoms with Gasteiger partial charge in [0.05, 0.1) is 0 Å². The first kappa shape index (κ1) is 16.3. The molecular weight excluding hydrogens is 326 g/mol. The number of rotatable bonds is 6. The number of hydrogen-bond donors (Lipinski definition) is 1. The molecule has 1 N–H and O–H groups in total. The Morgan fingerprint density at radius 1 is 1.38 bits per heavy atom. The topological polar surface area (TPSA) is 54.9 Å². The summed E-state index contributed by atoms with van der Waals surface area (Å²) < 4.78 is 0. The molecule has 4 nitrogen and oxygen atoms in total. The third-order valence-electron chi connectivity index (χ3n) is 2.66. The fraction of sp³-hybridized carbons (Fsp3) is 0.357. The van der Waals surface area contributed by atoms with Crippen molar-refractivity contribution in [2.45, 2.75) is 30.5 Å². The van der Waals surface area contributed by atoms with E-state index in [1.54, 1.807) is 18.7 Å². The highest BCUT2D eigenvalue weighted by molar-refractivity contribution is 7.99. The second kappa shape index (κ2) is 7.77. The van der Waals surface area contributed by atoms with Gasteiger partial charge in [0.25, 0.3) is 0 Å². The number of benzene rings is 1. The van der Waals surface area contributed by atoms with E-state index in [9.17, 15) is 4.79 Å². The first-order valence-electron chi connectivity index (χ1n) is 6.51. The highest BCUT2D eigenvalue weighted by atomic mass is 35.5. The van der Waals surface area contributed by atoms with Crippen molar-refractivity contribution in [2.24, 2.45) is 0 Å². The van der Waals surface area contributed by atoms with Gasteiger partial charge in [-0.25, -0.2) is 0 Å². The maximum Gasteiger partial charge on any atom is 0.243 e. The highest BCUT2D eigenvalue weighted by Gasteiger charge is 2.12. The van der Waals surface area contributed by atoms with Crippen molar-refractivity contribution in [1.82, 2.24) is 10.2 Å². The molecule has 0 saturated carbocycles. The van der Waals surface area contributed by atoms with Gasteiger partial charge in [-0.2, -0.15) is 0 Å². The minimum atomic E-state index is -0.575. The number of aryl methyl sites for hydroxylation is 2. The highest BCUT2D eigenvalue weighted by Crippen LogP contribution is 2.22. The number of hydrogen-bond acceptors (Lipinski definition) is 5. The molecule has 1 aromatic heterocycles. The quantitative estimate of drug-likeness (QED) is 0.642. The third kappa shape index (κ3) is 5.30. The molecule has 1 atom stereocenters. The van der Waals surface area contributed by atoms with Crippen molar-refractivity contribution < 1.29 is 4.79 Å². The predicted molar refractivity (Wildman–Crippen MR) is 89.5 cm³/mol. The molecule has 1 heterocycles. The Hall–Kier alpha value is -1.11. The fourth-order valence-corrected chi connectivity index (χ4v) is 3.29. The molecule has 112 valence electrons. The molecule has 1 unspecified atom stereocenters. The number of thioether (sulfide) groups is 1. The number of aromatic nitrogens is 2. The normalized spacial score (nSPS) is 12.1. The molecule has 7 heteroatoms. The second-order valence-corrected chi connectivity index (χ2v) is 7.40. The van der Waals surface area contributed by atoms with E-state index >= 15 is 0 Å². The Kier molecular flexibility index (Phi) is 6.02. The van der Waals surface area contributed by atoms with Gasteiger partial charge in [-0.05, 0) is 26.0 Å². The summed E-state index contributed by atoms with van der Waals surface area (Å²) >= 11 is 8.86. The van der Waals surface area contributed by atoms with Crippen molar-refractivity contribution >= 4 is 45.7 Å². The van der Waals surface area contributed by atoms with Gasteiger partial charge >= 0.3 is 0 Å². The predicted octanol–water partition coefficient (Wildman–Crippen LogP) is 3.75. The summed E-state index contributed by atoms with van der Waals surface area (Å²) in [6.45, 7) is 3.70. The largest absolute Gasteiger partial charge is 0.299 e. The number of carbonyl (C=O) groups is 1. The van der Waals surface area contributed by atoms with Crippen molar-refractivity contribution in [2.75, 3.05) is 11.1 Å². The fourth-order valence-electron chi connectivity index (χ4n) is 1.50. The number of alkyl halides is 1. The Morgan fingerprint density at radius 3 is 2.76 bits per heavy atom. The number of nitrogens with one attached hydrogen (secondary N) is 1. The molecule has 0 spiro atoms. The molecule has 1 aromatic carbocycles. The van der Waals surface area contributed by atoms with Crippen LogP contribution in [0.5, 0.6) is 0 Å². The average molecular weight is 342 g/mol. The molecule has 0 saturated heterocycles. The zero-order chi connectivity index (χ0) is 15.2. The van der Waals surface area contributed by atoms with Crippen LogP contribution in [-0.4, -0.2) is 27.2 Å². The van der Waals surface area contributed by atoms with E-state index in [1.807, 2.05) is 0 Å². The van der Waals surface area contributed by atoms with Crippen LogP contribution in [0.2, 0.25) is 0 Å². The Morgan fingerprint density at radius 2 is 2.10 bits per heavy atom. The third-order valence-corrected chi connectivity index (χ3v) is 4.77. The Labute approximate surface area is 137 Å². The van der Waals surface area contributed by atoms with E-state index in [0.29, 0.717) is 5.13 Å². The lowest BCUT2D eigenvalue weighted by Gasteiger charge is -2.01. The van der Waals surface area contributed by atoms with Gasteiger partial charge in [0, 0.05) is 17.1 Å². The van der Waals surface area contributed by atoms with Crippen LogP contribution in [0.25, 0.3) is 0 Å². The average Bonchev–Trinajstić information content (AvgIpc) is 2.88. The van der Waals surface area contributed by atoms with Gasteiger partial charge in [0.1, 0.15) is 10.4 Å². The van der Waals surface area contributed by atoms with Crippen molar-refractivity contribution in [1.29, 1.82) is 0 Å². The number of anilines is 1. The minimum absolute atomic E-state index is 0.256. The standard InChI is InChI=1S/C14H16ClN3OS2/c1-9-3-5-11(6-4-9)20-8-7-12-17-18-14(21-12)16-13(19)10(2)15/h3-6,10H,7-8H2,1-2H3,(H,16,18,19). The van der Waals surface area contributed by atoms with E-state index in [4.69, 9.17) is 11.6 Å². The lowest BCUT2D eigenvalue weighted by atomic mass is 10.2. The van der Waals surface area contributed by atoms with Gasteiger partial charge in [0.15, 0.2) is 0 Å². The maximum atomic E-state index is 11.4. The Balaban J connectivity index is 1.80. The van der Waals surface area contributed by atoms with Crippen LogP contribution in [0.3, 0.4) is 0 Å². The molecule has 0 bridgehead atoms. The smallest absolute Gasteiger partial charge is 0.243 e. The summed E-state index contributed by atoms with van der Waals surface area (Å²) in [7, 11) is 0. The van der Waals surface area contributed by atoms with Gasteiger partial charge in [-0.3, -0.25) is 10.1 Å². The molecule has 0 aliphatic carbocycles. The van der Waals surface area contributed by atoms with Crippen LogP contribution in [0.4, 0.5) is 5.13 Å². The van der Waals surface area contributed by atoms with Crippen molar-refractivity contribution in [3.63, 3.8) is 0 Å². The number of nitrogens with zero attached hydrogens (tertiary/aromatic N) is 2. The van der Waals surface area contributed by atoms with E-state index < -0.39 is 5.38 Å². The zero-order valence-corrected chi connectivity index (χ0v) is 14.2. The van der Waals surface area contributed by atoms with Crippen molar-refractivity contribution in [3.8, 4) is 0 Å². The van der Waals surface area contributed by atoms with E-state index in [2.05, 4.69) is 46.7 Å². The van der Waals surface area contributed by atoms with Crippen molar-refractivity contribution in [3.05, 3.63) is 34.8 Å². The number of halogens is 1. The molecular formula is C14H16ClN3OS2. The number of amides is 1.